The lowest BCUT2D eigenvalue weighted by atomic mass is 10.2. The van der Waals surface area contributed by atoms with Crippen molar-refractivity contribution in [1.82, 2.24) is 9.62 Å². The number of hydrogen-bond donors (Lipinski definition) is 1. The highest BCUT2D eigenvalue weighted by molar-refractivity contribution is 7.90. The number of ether oxygens (including phenoxy) is 1. The van der Waals surface area contributed by atoms with Crippen LogP contribution in [0.5, 0.6) is 0 Å². The number of anilines is 2. The third-order valence-corrected chi connectivity index (χ3v) is 7.81. The lowest BCUT2D eigenvalue weighted by Gasteiger charge is -2.35. The fourth-order valence-electron chi connectivity index (χ4n) is 3.46. The summed E-state index contributed by atoms with van der Waals surface area (Å²) in [7, 11) is -3.57. The van der Waals surface area contributed by atoms with Gasteiger partial charge in [-0.05, 0) is 6.42 Å². The number of alkyl halides is 1. The number of benzene rings is 1. The first-order valence-corrected chi connectivity index (χ1v) is 12.2. The van der Waals surface area contributed by atoms with Crippen molar-refractivity contribution in [2.75, 3.05) is 54.3 Å². The van der Waals surface area contributed by atoms with Crippen molar-refractivity contribution in [2.45, 2.75) is 19.4 Å². The Kier molecular flexibility index (Phi) is 7.55. The molecule has 31 heavy (non-hydrogen) atoms. The van der Waals surface area contributed by atoms with Crippen LogP contribution < -0.4 is 15.1 Å². The summed E-state index contributed by atoms with van der Waals surface area (Å²) in [5.41, 5.74) is -0.210. The number of amides is 1. The van der Waals surface area contributed by atoms with Gasteiger partial charge in [-0.25, -0.2) is 22.0 Å². The van der Waals surface area contributed by atoms with E-state index >= 15 is 0 Å². The summed E-state index contributed by atoms with van der Waals surface area (Å²) in [6, 6.07) is 2.15. The van der Waals surface area contributed by atoms with Gasteiger partial charge in [0.05, 0.1) is 23.8 Å². The van der Waals surface area contributed by atoms with E-state index in [1.54, 1.807) is 0 Å². The summed E-state index contributed by atoms with van der Waals surface area (Å²) in [6.07, 6.45) is -0.538. The highest BCUT2D eigenvalue weighted by Gasteiger charge is 2.34. The molecule has 1 atom stereocenters. The van der Waals surface area contributed by atoms with Gasteiger partial charge in [0.25, 0.3) is 0 Å². The number of carbonyl (C=O) groups is 1. The predicted octanol–water partition coefficient (Wildman–Crippen LogP) is 2.27. The Labute approximate surface area is 190 Å². The van der Waals surface area contributed by atoms with Crippen LogP contribution in [0, 0.1) is 11.6 Å². The zero-order valence-electron chi connectivity index (χ0n) is 16.8. The van der Waals surface area contributed by atoms with Gasteiger partial charge in [-0.15, -0.1) is 11.6 Å². The van der Waals surface area contributed by atoms with Crippen LogP contribution in [0.3, 0.4) is 0 Å². The number of piperazine rings is 1. The van der Waals surface area contributed by atoms with Gasteiger partial charge in [0.2, 0.25) is 10.0 Å². The van der Waals surface area contributed by atoms with E-state index < -0.39 is 39.1 Å². The van der Waals surface area contributed by atoms with E-state index in [9.17, 15) is 22.0 Å². The Hall–Kier alpha value is -1.76. The van der Waals surface area contributed by atoms with Gasteiger partial charge in [0, 0.05) is 38.3 Å². The number of sulfonamides is 1. The van der Waals surface area contributed by atoms with Crippen molar-refractivity contribution in [3.63, 3.8) is 0 Å². The Morgan fingerprint density at radius 3 is 2.42 bits per heavy atom. The number of nitrogens with one attached hydrogen (secondary N) is 1. The molecule has 3 rings (SSSR count). The highest BCUT2D eigenvalue weighted by Crippen LogP contribution is 2.31. The monoisotopic (exact) mass is 496 g/mol. The van der Waals surface area contributed by atoms with Crippen molar-refractivity contribution < 1.29 is 26.7 Å². The molecule has 2 saturated heterocycles. The van der Waals surface area contributed by atoms with Gasteiger partial charge in [-0.1, -0.05) is 19.1 Å². The molecule has 172 valence electrons. The molecule has 2 fully saturated rings. The maximum Gasteiger partial charge on any atom is 0.414 e. The minimum absolute atomic E-state index is 0.0488. The Bertz CT molecular complexity index is 935. The number of carbonyl (C=O) groups excluding carboxylic acids is 1. The molecule has 13 heteroatoms. The van der Waals surface area contributed by atoms with Crippen LogP contribution in [-0.4, -0.2) is 74.4 Å². The summed E-state index contributed by atoms with van der Waals surface area (Å²) in [6.45, 7) is 2.70. The number of rotatable bonds is 7. The third kappa shape index (κ3) is 5.36. The van der Waals surface area contributed by atoms with Crippen LogP contribution in [0.1, 0.15) is 13.3 Å². The van der Waals surface area contributed by atoms with Crippen molar-refractivity contribution in [3.8, 4) is 0 Å². The summed E-state index contributed by atoms with van der Waals surface area (Å²) < 4.78 is 59.8. The maximum absolute atomic E-state index is 14.8. The quantitative estimate of drug-likeness (QED) is 0.458. The van der Waals surface area contributed by atoms with Gasteiger partial charge < -0.3 is 15.0 Å². The van der Waals surface area contributed by atoms with E-state index in [4.69, 9.17) is 28.6 Å². The summed E-state index contributed by atoms with van der Waals surface area (Å²) in [5.74, 6) is -1.68. The van der Waals surface area contributed by atoms with E-state index in [0.717, 1.165) is 12.1 Å². The largest absolute Gasteiger partial charge is 0.442 e. The SMILES string of the molecule is CCC(=S)NCC1CN(c2cc(F)c(N3CCN(S(=O)(=O)CCl)CC3)c(F)c2)C(=O)O1. The molecule has 0 spiro atoms. The molecular weight excluding hydrogens is 474 g/mol. The Morgan fingerprint density at radius 2 is 1.87 bits per heavy atom. The first-order chi connectivity index (χ1) is 14.7. The first-order valence-electron chi connectivity index (χ1n) is 9.69. The zero-order chi connectivity index (χ0) is 22.8. The smallest absolute Gasteiger partial charge is 0.414 e. The van der Waals surface area contributed by atoms with Crippen molar-refractivity contribution in [1.29, 1.82) is 0 Å². The minimum Gasteiger partial charge on any atom is -0.442 e. The lowest BCUT2D eigenvalue weighted by molar-refractivity contribution is 0.143. The van der Waals surface area contributed by atoms with Gasteiger partial charge in [-0.2, -0.15) is 4.31 Å². The fourth-order valence-corrected chi connectivity index (χ4v) is 4.82. The molecule has 1 amide bonds. The minimum atomic E-state index is -3.57. The number of cyclic esters (lactones) is 1. The molecule has 1 N–H and O–H groups in total. The molecule has 8 nitrogen and oxygen atoms in total. The average Bonchev–Trinajstić information content (AvgIpc) is 3.12. The Morgan fingerprint density at radius 1 is 1.26 bits per heavy atom. The summed E-state index contributed by atoms with van der Waals surface area (Å²) in [4.78, 5) is 15.4. The molecule has 2 aliphatic heterocycles. The first kappa shape index (κ1) is 23.9. The van der Waals surface area contributed by atoms with E-state index in [1.165, 1.54) is 14.1 Å². The predicted molar refractivity (Wildman–Crippen MR) is 118 cm³/mol. The van der Waals surface area contributed by atoms with Crippen LogP contribution in [0.25, 0.3) is 0 Å². The molecule has 0 aromatic heterocycles. The molecule has 0 saturated carbocycles. The Balaban J connectivity index is 1.70. The second-order valence-corrected chi connectivity index (χ2v) is 10.2. The number of nitrogens with zero attached hydrogens (tertiary/aromatic N) is 3. The van der Waals surface area contributed by atoms with E-state index in [1.807, 2.05) is 6.92 Å². The van der Waals surface area contributed by atoms with Gasteiger partial charge in [-0.3, -0.25) is 4.90 Å². The van der Waals surface area contributed by atoms with E-state index in [2.05, 4.69) is 5.32 Å². The van der Waals surface area contributed by atoms with Gasteiger partial charge in [0.1, 0.15) is 17.0 Å². The number of thiocarbonyl (C=S) groups is 1. The zero-order valence-corrected chi connectivity index (χ0v) is 19.2. The van der Waals surface area contributed by atoms with Crippen LogP contribution in [0.15, 0.2) is 12.1 Å². The van der Waals surface area contributed by atoms with E-state index in [-0.39, 0.29) is 44.1 Å². The molecule has 1 aromatic rings. The van der Waals surface area contributed by atoms with Crippen LogP contribution in [0.2, 0.25) is 0 Å². The molecule has 0 aliphatic carbocycles. The topological polar surface area (TPSA) is 82.2 Å². The highest BCUT2D eigenvalue weighted by atomic mass is 35.5. The second kappa shape index (κ2) is 9.80. The molecule has 2 aliphatic rings. The number of hydrogen-bond acceptors (Lipinski definition) is 6. The molecular formula is C18H23ClF2N4O4S2. The van der Waals surface area contributed by atoms with Crippen molar-refractivity contribution in [2.24, 2.45) is 0 Å². The average molecular weight is 497 g/mol. The lowest BCUT2D eigenvalue weighted by Crippen LogP contribution is -2.49. The molecule has 0 bridgehead atoms. The third-order valence-electron chi connectivity index (χ3n) is 5.12. The molecule has 0 radical (unpaired) electrons. The second-order valence-electron chi connectivity index (χ2n) is 7.14. The molecule has 1 unspecified atom stereocenters. The van der Waals surface area contributed by atoms with Crippen LogP contribution in [-0.2, 0) is 14.8 Å². The summed E-state index contributed by atoms with van der Waals surface area (Å²) in [5, 5.41) is 2.43. The number of halogens is 3. The maximum atomic E-state index is 14.8. The summed E-state index contributed by atoms with van der Waals surface area (Å²) >= 11 is 10.5. The standard InChI is InChI=1S/C18H23ClF2N4O4S2/c1-2-16(30)22-9-13-10-25(18(26)29-13)12-7-14(20)17(15(21)8-12)23-3-5-24(6-4-23)31(27,28)11-19/h7-8,13H,2-6,9-11H2,1H3,(H,22,30). The van der Waals surface area contributed by atoms with Crippen LogP contribution in [0.4, 0.5) is 25.0 Å². The van der Waals surface area contributed by atoms with Crippen molar-refractivity contribution >= 4 is 56.3 Å². The van der Waals surface area contributed by atoms with Gasteiger partial charge >= 0.3 is 6.09 Å². The van der Waals surface area contributed by atoms with E-state index in [0.29, 0.717) is 18.0 Å². The fraction of sp³-hybridized carbons (Fsp3) is 0.556. The van der Waals surface area contributed by atoms with Crippen molar-refractivity contribution in [3.05, 3.63) is 23.8 Å². The molecule has 2 heterocycles. The molecule has 1 aromatic carbocycles. The van der Waals surface area contributed by atoms with Gasteiger partial charge in [0.15, 0.2) is 11.6 Å². The van der Waals surface area contributed by atoms with Crippen LogP contribution >= 0.6 is 23.8 Å². The normalized spacial score (nSPS) is 20.1.